The second-order valence-electron chi connectivity index (χ2n) is 6.01. The van der Waals surface area contributed by atoms with Crippen LogP contribution in [0.5, 0.6) is 0 Å². The van der Waals surface area contributed by atoms with Crippen LogP contribution >= 0.6 is 0 Å². The number of hydrogen-bond donors (Lipinski definition) is 1. The summed E-state index contributed by atoms with van der Waals surface area (Å²) in [5.41, 5.74) is 0.196. The Morgan fingerprint density at radius 1 is 1.58 bits per heavy atom. The Hall–Kier alpha value is -0.870. The molecule has 0 aromatic carbocycles. The Morgan fingerprint density at radius 2 is 2.32 bits per heavy atom. The molecule has 4 nitrogen and oxygen atoms in total. The van der Waals surface area contributed by atoms with Crippen molar-refractivity contribution in [3.8, 4) is 0 Å². The number of piperazine rings is 1. The van der Waals surface area contributed by atoms with Crippen LogP contribution in [0.3, 0.4) is 0 Å². The molecule has 0 spiro atoms. The maximum Gasteiger partial charge on any atom is 0.211 e. The number of aromatic nitrogens is 1. The molecule has 19 heavy (non-hydrogen) atoms. The van der Waals surface area contributed by atoms with Crippen LogP contribution in [0.25, 0.3) is 0 Å². The topological polar surface area (TPSA) is 41.3 Å². The SMILES string of the molecule is CCC1CNC(C)(CC)CN1C(C)c1ncc(C)o1. The highest BCUT2D eigenvalue weighted by atomic mass is 16.4. The molecule has 2 heterocycles. The molecule has 0 aliphatic carbocycles. The fourth-order valence-electron chi connectivity index (χ4n) is 2.85. The van der Waals surface area contributed by atoms with E-state index in [1.807, 2.05) is 13.1 Å². The highest BCUT2D eigenvalue weighted by Gasteiger charge is 2.37. The van der Waals surface area contributed by atoms with Gasteiger partial charge in [-0.15, -0.1) is 0 Å². The molecular weight excluding hydrogens is 238 g/mol. The third-order valence-corrected chi connectivity index (χ3v) is 4.51. The second kappa shape index (κ2) is 5.63. The van der Waals surface area contributed by atoms with Gasteiger partial charge in [0.25, 0.3) is 0 Å². The van der Waals surface area contributed by atoms with E-state index in [4.69, 9.17) is 4.42 Å². The Bertz CT molecular complexity index is 417. The zero-order valence-electron chi connectivity index (χ0n) is 12.9. The standard InChI is InChI=1S/C15H27N3O/c1-6-13-9-17-15(5,7-2)10-18(13)12(4)14-16-8-11(3)19-14/h8,12-13,17H,6-7,9-10H2,1-5H3. The quantitative estimate of drug-likeness (QED) is 0.909. The minimum absolute atomic E-state index is 0.196. The lowest BCUT2D eigenvalue weighted by Crippen LogP contribution is -2.62. The van der Waals surface area contributed by atoms with E-state index in [1.54, 1.807) is 0 Å². The third-order valence-electron chi connectivity index (χ3n) is 4.51. The predicted molar refractivity (Wildman–Crippen MR) is 77.1 cm³/mol. The van der Waals surface area contributed by atoms with Crippen molar-refractivity contribution in [2.75, 3.05) is 13.1 Å². The average molecular weight is 265 g/mol. The summed E-state index contributed by atoms with van der Waals surface area (Å²) < 4.78 is 5.72. The molecule has 1 aromatic heterocycles. The van der Waals surface area contributed by atoms with Crippen LogP contribution in [-0.4, -0.2) is 34.6 Å². The molecule has 1 fully saturated rings. The van der Waals surface area contributed by atoms with Crippen LogP contribution in [0.2, 0.25) is 0 Å². The van der Waals surface area contributed by atoms with Crippen LogP contribution in [0, 0.1) is 6.92 Å². The lowest BCUT2D eigenvalue weighted by molar-refractivity contribution is 0.0395. The van der Waals surface area contributed by atoms with Gasteiger partial charge < -0.3 is 9.73 Å². The summed E-state index contributed by atoms with van der Waals surface area (Å²) in [4.78, 5) is 6.95. The average Bonchev–Trinajstić information content (AvgIpc) is 2.84. The van der Waals surface area contributed by atoms with Gasteiger partial charge in [0.1, 0.15) is 5.76 Å². The van der Waals surface area contributed by atoms with Crippen molar-refractivity contribution in [1.82, 2.24) is 15.2 Å². The van der Waals surface area contributed by atoms with Gasteiger partial charge in [-0.1, -0.05) is 13.8 Å². The lowest BCUT2D eigenvalue weighted by Gasteiger charge is -2.47. The Balaban J connectivity index is 2.18. The highest BCUT2D eigenvalue weighted by molar-refractivity contribution is 5.01. The molecule has 108 valence electrons. The van der Waals surface area contributed by atoms with Crippen molar-refractivity contribution in [3.05, 3.63) is 17.8 Å². The van der Waals surface area contributed by atoms with Crippen molar-refractivity contribution in [2.45, 2.75) is 65.1 Å². The van der Waals surface area contributed by atoms with Crippen LogP contribution in [-0.2, 0) is 0 Å². The molecule has 0 bridgehead atoms. The summed E-state index contributed by atoms with van der Waals surface area (Å²) in [5.74, 6) is 1.74. The molecule has 1 N–H and O–H groups in total. The van der Waals surface area contributed by atoms with Crippen molar-refractivity contribution in [1.29, 1.82) is 0 Å². The first-order valence-corrected chi connectivity index (χ1v) is 7.42. The van der Waals surface area contributed by atoms with Crippen molar-refractivity contribution >= 4 is 0 Å². The Morgan fingerprint density at radius 3 is 2.84 bits per heavy atom. The first-order chi connectivity index (χ1) is 8.99. The monoisotopic (exact) mass is 265 g/mol. The van der Waals surface area contributed by atoms with Crippen LogP contribution in [0.15, 0.2) is 10.6 Å². The molecule has 1 aliphatic heterocycles. The summed E-state index contributed by atoms with van der Waals surface area (Å²) >= 11 is 0. The second-order valence-corrected chi connectivity index (χ2v) is 6.01. The van der Waals surface area contributed by atoms with E-state index in [-0.39, 0.29) is 11.6 Å². The van der Waals surface area contributed by atoms with Crippen molar-refractivity contribution in [3.63, 3.8) is 0 Å². The van der Waals surface area contributed by atoms with Gasteiger partial charge in [0.2, 0.25) is 5.89 Å². The fourth-order valence-corrected chi connectivity index (χ4v) is 2.85. The van der Waals surface area contributed by atoms with Crippen molar-refractivity contribution < 1.29 is 4.42 Å². The summed E-state index contributed by atoms with van der Waals surface area (Å²) in [6.45, 7) is 13.1. The number of oxazole rings is 1. The zero-order chi connectivity index (χ0) is 14.0. The number of aryl methyl sites for hydroxylation is 1. The van der Waals surface area contributed by atoms with E-state index < -0.39 is 0 Å². The normalized spacial score (nSPS) is 30.5. The van der Waals surface area contributed by atoms with Gasteiger partial charge in [-0.2, -0.15) is 0 Å². The number of rotatable bonds is 4. The van der Waals surface area contributed by atoms with E-state index in [9.17, 15) is 0 Å². The molecule has 3 unspecified atom stereocenters. The van der Waals surface area contributed by atoms with E-state index in [0.717, 1.165) is 37.6 Å². The maximum atomic E-state index is 5.72. The molecule has 4 heteroatoms. The van der Waals surface area contributed by atoms with Crippen molar-refractivity contribution in [2.24, 2.45) is 0 Å². The van der Waals surface area contributed by atoms with Gasteiger partial charge in [-0.05, 0) is 33.6 Å². The van der Waals surface area contributed by atoms with Gasteiger partial charge in [-0.3, -0.25) is 4.90 Å². The van der Waals surface area contributed by atoms with E-state index in [0.29, 0.717) is 6.04 Å². The minimum Gasteiger partial charge on any atom is -0.444 e. The van der Waals surface area contributed by atoms with Gasteiger partial charge in [0.05, 0.1) is 12.2 Å². The third kappa shape index (κ3) is 3.00. The number of nitrogens with zero attached hydrogens (tertiary/aromatic N) is 2. The molecule has 2 rings (SSSR count). The van der Waals surface area contributed by atoms with E-state index >= 15 is 0 Å². The minimum atomic E-state index is 0.196. The molecular formula is C15H27N3O. The van der Waals surface area contributed by atoms with E-state index in [1.165, 1.54) is 0 Å². The van der Waals surface area contributed by atoms with Crippen LogP contribution < -0.4 is 5.32 Å². The lowest BCUT2D eigenvalue weighted by atomic mass is 9.91. The maximum absolute atomic E-state index is 5.72. The molecule has 3 atom stereocenters. The smallest absolute Gasteiger partial charge is 0.211 e. The number of nitrogens with one attached hydrogen (secondary N) is 1. The molecule has 0 amide bonds. The number of hydrogen-bond acceptors (Lipinski definition) is 4. The van der Waals surface area contributed by atoms with Gasteiger partial charge >= 0.3 is 0 Å². The largest absolute Gasteiger partial charge is 0.444 e. The fraction of sp³-hybridized carbons (Fsp3) is 0.800. The van der Waals surface area contributed by atoms with E-state index in [2.05, 4.69) is 42.9 Å². The first kappa shape index (κ1) is 14.5. The molecule has 1 saturated heterocycles. The van der Waals surface area contributed by atoms with Crippen LogP contribution in [0.4, 0.5) is 0 Å². The van der Waals surface area contributed by atoms with Gasteiger partial charge in [0, 0.05) is 24.7 Å². The summed E-state index contributed by atoms with van der Waals surface area (Å²) in [5, 5.41) is 3.70. The molecule has 0 radical (unpaired) electrons. The first-order valence-electron chi connectivity index (χ1n) is 7.42. The molecule has 0 saturated carbocycles. The summed E-state index contributed by atoms with van der Waals surface area (Å²) in [7, 11) is 0. The predicted octanol–water partition coefficient (Wildman–Crippen LogP) is 2.90. The zero-order valence-corrected chi connectivity index (χ0v) is 12.9. The van der Waals surface area contributed by atoms with Crippen LogP contribution in [0.1, 0.15) is 58.2 Å². The summed E-state index contributed by atoms with van der Waals surface area (Å²) in [6.07, 6.45) is 4.10. The molecule has 1 aromatic rings. The summed E-state index contributed by atoms with van der Waals surface area (Å²) in [6, 6.07) is 0.799. The molecule has 1 aliphatic rings. The van der Waals surface area contributed by atoms with Gasteiger partial charge in [-0.25, -0.2) is 4.98 Å². The highest BCUT2D eigenvalue weighted by Crippen LogP contribution is 2.29. The Kier molecular flexibility index (Phi) is 4.31. The van der Waals surface area contributed by atoms with Gasteiger partial charge in [0.15, 0.2) is 0 Å². The Labute approximate surface area is 116 Å².